The van der Waals surface area contributed by atoms with Gasteiger partial charge in [0.15, 0.2) is 0 Å². The van der Waals surface area contributed by atoms with Crippen LogP contribution in [0.25, 0.3) is 0 Å². The lowest BCUT2D eigenvalue weighted by Gasteiger charge is -2.19. The summed E-state index contributed by atoms with van der Waals surface area (Å²) in [4.78, 5) is 28.6. The van der Waals surface area contributed by atoms with Crippen LogP contribution in [0.15, 0.2) is 42.9 Å². The number of nitrogens with zero attached hydrogens (tertiary/aromatic N) is 3. The van der Waals surface area contributed by atoms with E-state index in [9.17, 15) is 9.59 Å². The number of imidazole rings is 1. The number of amides is 1. The number of aliphatic carboxylic acids is 1. The zero-order valence-electron chi connectivity index (χ0n) is 11.3. The molecule has 0 atom stereocenters. The number of hydrogen-bond acceptors (Lipinski definition) is 4. The van der Waals surface area contributed by atoms with Gasteiger partial charge < -0.3 is 15.4 Å². The molecule has 0 unspecified atom stereocenters. The van der Waals surface area contributed by atoms with Gasteiger partial charge in [-0.25, -0.2) is 4.98 Å². The SMILES string of the molecule is NCCn1cnc(C(=O)N(CC(=O)O)c2ccccc2)c1. The number of aromatic nitrogens is 2. The van der Waals surface area contributed by atoms with Crippen LogP contribution in [0.5, 0.6) is 0 Å². The van der Waals surface area contributed by atoms with Crippen molar-refractivity contribution in [3.05, 3.63) is 48.5 Å². The van der Waals surface area contributed by atoms with E-state index in [-0.39, 0.29) is 5.69 Å². The number of carboxylic acids is 1. The predicted molar refractivity (Wildman–Crippen MR) is 77.0 cm³/mol. The average molecular weight is 288 g/mol. The minimum atomic E-state index is -1.09. The Bertz CT molecular complexity index is 624. The number of rotatable bonds is 6. The number of carbonyl (C=O) groups is 2. The molecule has 0 saturated heterocycles. The van der Waals surface area contributed by atoms with E-state index < -0.39 is 18.4 Å². The largest absolute Gasteiger partial charge is 0.480 e. The molecule has 0 aliphatic carbocycles. The Morgan fingerprint density at radius 2 is 2.00 bits per heavy atom. The Morgan fingerprint density at radius 3 is 2.62 bits per heavy atom. The van der Waals surface area contributed by atoms with Gasteiger partial charge in [0.2, 0.25) is 0 Å². The van der Waals surface area contributed by atoms with Gasteiger partial charge in [-0.2, -0.15) is 0 Å². The third kappa shape index (κ3) is 3.67. The fraction of sp³-hybridized carbons (Fsp3) is 0.214. The number of benzene rings is 1. The van der Waals surface area contributed by atoms with Gasteiger partial charge in [0.25, 0.3) is 5.91 Å². The van der Waals surface area contributed by atoms with Crippen LogP contribution in [-0.2, 0) is 11.3 Å². The van der Waals surface area contributed by atoms with Crippen molar-refractivity contribution >= 4 is 17.6 Å². The molecule has 3 N–H and O–H groups in total. The lowest BCUT2D eigenvalue weighted by molar-refractivity contribution is -0.135. The molecule has 0 aliphatic rings. The van der Waals surface area contributed by atoms with Crippen molar-refractivity contribution in [2.45, 2.75) is 6.54 Å². The molecule has 21 heavy (non-hydrogen) atoms. The van der Waals surface area contributed by atoms with Crippen molar-refractivity contribution in [2.24, 2.45) is 5.73 Å². The van der Waals surface area contributed by atoms with Crippen molar-refractivity contribution in [3.8, 4) is 0 Å². The number of para-hydroxylation sites is 1. The number of nitrogens with two attached hydrogens (primary N) is 1. The molecular formula is C14H16N4O3. The van der Waals surface area contributed by atoms with E-state index in [0.29, 0.717) is 18.8 Å². The molecule has 110 valence electrons. The standard InChI is InChI=1S/C14H16N4O3/c15-6-7-17-8-12(16-10-17)14(21)18(9-13(19)20)11-4-2-1-3-5-11/h1-5,8,10H,6-7,9,15H2,(H,19,20). The predicted octanol–water partition coefficient (Wildman–Crippen LogP) is 0.573. The fourth-order valence-corrected chi connectivity index (χ4v) is 1.90. The monoisotopic (exact) mass is 288 g/mol. The van der Waals surface area contributed by atoms with Crippen LogP contribution >= 0.6 is 0 Å². The van der Waals surface area contributed by atoms with Gasteiger partial charge >= 0.3 is 5.97 Å². The van der Waals surface area contributed by atoms with Crippen molar-refractivity contribution in [1.82, 2.24) is 9.55 Å². The summed E-state index contributed by atoms with van der Waals surface area (Å²) in [6, 6.07) is 8.63. The van der Waals surface area contributed by atoms with Gasteiger partial charge in [0.1, 0.15) is 12.2 Å². The number of anilines is 1. The highest BCUT2D eigenvalue weighted by Gasteiger charge is 2.22. The Balaban J connectivity index is 2.27. The zero-order chi connectivity index (χ0) is 15.2. The van der Waals surface area contributed by atoms with Gasteiger partial charge in [-0.1, -0.05) is 18.2 Å². The third-order valence-corrected chi connectivity index (χ3v) is 2.85. The van der Waals surface area contributed by atoms with Crippen LogP contribution in [0, 0.1) is 0 Å². The van der Waals surface area contributed by atoms with Crippen molar-refractivity contribution in [2.75, 3.05) is 18.0 Å². The first-order valence-electron chi connectivity index (χ1n) is 6.42. The van der Waals surface area contributed by atoms with Gasteiger partial charge in [-0.15, -0.1) is 0 Å². The maximum Gasteiger partial charge on any atom is 0.323 e. The van der Waals surface area contributed by atoms with E-state index in [1.165, 1.54) is 11.2 Å². The van der Waals surface area contributed by atoms with E-state index in [1.807, 2.05) is 0 Å². The van der Waals surface area contributed by atoms with E-state index >= 15 is 0 Å². The Kier molecular flexibility index (Phi) is 4.68. The third-order valence-electron chi connectivity index (χ3n) is 2.85. The molecule has 0 radical (unpaired) electrons. The average Bonchev–Trinajstić information content (AvgIpc) is 2.94. The van der Waals surface area contributed by atoms with E-state index in [4.69, 9.17) is 10.8 Å². The first-order valence-corrected chi connectivity index (χ1v) is 6.42. The number of carbonyl (C=O) groups excluding carboxylic acids is 1. The van der Waals surface area contributed by atoms with Gasteiger partial charge in [-0.05, 0) is 12.1 Å². The second-order valence-electron chi connectivity index (χ2n) is 4.41. The number of hydrogen-bond donors (Lipinski definition) is 2. The molecule has 2 aromatic rings. The summed E-state index contributed by atoms with van der Waals surface area (Å²) < 4.78 is 1.69. The van der Waals surface area contributed by atoms with Gasteiger partial charge in [0, 0.05) is 25.0 Å². The number of carboxylic acid groups (broad SMARTS) is 1. The summed E-state index contributed by atoms with van der Waals surface area (Å²) in [6.45, 7) is 0.554. The van der Waals surface area contributed by atoms with E-state index in [0.717, 1.165) is 0 Å². The van der Waals surface area contributed by atoms with Crippen LogP contribution in [0.3, 0.4) is 0 Å². The molecule has 0 saturated carbocycles. The molecule has 1 heterocycles. The first-order chi connectivity index (χ1) is 10.1. The molecule has 1 aromatic carbocycles. The molecule has 2 rings (SSSR count). The Morgan fingerprint density at radius 1 is 1.29 bits per heavy atom. The smallest absolute Gasteiger partial charge is 0.323 e. The quantitative estimate of drug-likeness (QED) is 0.809. The molecule has 0 aliphatic heterocycles. The normalized spacial score (nSPS) is 10.3. The van der Waals surface area contributed by atoms with Crippen molar-refractivity contribution in [1.29, 1.82) is 0 Å². The highest BCUT2D eigenvalue weighted by molar-refractivity contribution is 6.06. The summed E-state index contributed by atoms with van der Waals surface area (Å²) in [7, 11) is 0. The molecule has 1 aromatic heterocycles. The van der Waals surface area contributed by atoms with Crippen LogP contribution in [-0.4, -0.2) is 39.6 Å². The fourth-order valence-electron chi connectivity index (χ4n) is 1.90. The van der Waals surface area contributed by atoms with Crippen LogP contribution in [0.4, 0.5) is 5.69 Å². The maximum absolute atomic E-state index is 12.5. The highest BCUT2D eigenvalue weighted by Crippen LogP contribution is 2.16. The summed E-state index contributed by atoms with van der Waals surface area (Å²) in [5.41, 5.74) is 6.14. The molecule has 0 bridgehead atoms. The second-order valence-corrected chi connectivity index (χ2v) is 4.41. The van der Waals surface area contributed by atoms with E-state index in [2.05, 4.69) is 4.98 Å². The second kappa shape index (κ2) is 6.67. The van der Waals surface area contributed by atoms with Crippen LogP contribution in [0.1, 0.15) is 10.5 Å². The molecular weight excluding hydrogens is 272 g/mol. The van der Waals surface area contributed by atoms with Gasteiger partial charge in [-0.3, -0.25) is 14.5 Å². The summed E-state index contributed by atoms with van der Waals surface area (Å²) in [5.74, 6) is -1.55. The summed E-state index contributed by atoms with van der Waals surface area (Å²) in [6.07, 6.45) is 3.07. The first kappa shape index (κ1) is 14.7. The molecule has 7 nitrogen and oxygen atoms in total. The molecule has 1 amide bonds. The lowest BCUT2D eigenvalue weighted by Crippen LogP contribution is -2.35. The van der Waals surface area contributed by atoms with Crippen LogP contribution < -0.4 is 10.6 Å². The highest BCUT2D eigenvalue weighted by atomic mass is 16.4. The Hall–Kier alpha value is -2.67. The van der Waals surface area contributed by atoms with Crippen molar-refractivity contribution < 1.29 is 14.7 Å². The van der Waals surface area contributed by atoms with E-state index in [1.54, 1.807) is 41.1 Å². The van der Waals surface area contributed by atoms with Gasteiger partial charge in [0.05, 0.1) is 6.33 Å². The Labute approximate surface area is 121 Å². The minimum absolute atomic E-state index is 0.188. The molecule has 0 spiro atoms. The zero-order valence-corrected chi connectivity index (χ0v) is 11.3. The van der Waals surface area contributed by atoms with Crippen LogP contribution in [0.2, 0.25) is 0 Å². The lowest BCUT2D eigenvalue weighted by atomic mass is 10.2. The molecule has 0 fully saturated rings. The minimum Gasteiger partial charge on any atom is -0.480 e. The summed E-state index contributed by atoms with van der Waals surface area (Å²) in [5, 5.41) is 8.99. The van der Waals surface area contributed by atoms with Crippen molar-refractivity contribution in [3.63, 3.8) is 0 Å². The maximum atomic E-state index is 12.5. The topological polar surface area (TPSA) is 101 Å². The molecule has 7 heteroatoms. The summed E-state index contributed by atoms with van der Waals surface area (Å²) >= 11 is 0.